The highest BCUT2D eigenvalue weighted by Crippen LogP contribution is 2.41. The second kappa shape index (κ2) is 7.60. The van der Waals surface area contributed by atoms with E-state index in [-0.39, 0.29) is 28.0 Å². The van der Waals surface area contributed by atoms with Crippen LogP contribution in [0.4, 0.5) is 10.1 Å². The highest BCUT2D eigenvalue weighted by atomic mass is 35.5. The molecule has 0 saturated carbocycles. The van der Waals surface area contributed by atoms with Gasteiger partial charge in [0.05, 0.1) is 32.7 Å². The topological polar surface area (TPSA) is 79.7 Å². The van der Waals surface area contributed by atoms with Crippen molar-refractivity contribution in [2.75, 3.05) is 4.90 Å². The molecule has 1 N–H and O–H groups in total. The second-order valence-corrected chi connectivity index (χ2v) is 8.43. The van der Waals surface area contributed by atoms with E-state index < -0.39 is 30.2 Å². The summed E-state index contributed by atoms with van der Waals surface area (Å²) < 4.78 is 20.5. The number of amides is 1. The summed E-state index contributed by atoms with van der Waals surface area (Å²) in [4.78, 5) is 29.5. The summed E-state index contributed by atoms with van der Waals surface area (Å²) in [6.07, 6.45) is -1.84. The van der Waals surface area contributed by atoms with E-state index in [1.54, 1.807) is 0 Å². The number of aliphatic carboxylic acids is 1. The summed E-state index contributed by atoms with van der Waals surface area (Å²) in [5, 5.41) is 10.3. The number of fused-ring (bicyclic) bond motifs is 2. The first-order valence-corrected chi connectivity index (χ1v) is 10.1. The first-order chi connectivity index (χ1) is 13.8. The Labute approximate surface area is 182 Å². The predicted molar refractivity (Wildman–Crippen MR) is 109 cm³/mol. The number of hydrogen-bond donors (Lipinski definition) is 1. The van der Waals surface area contributed by atoms with Crippen molar-refractivity contribution in [3.8, 4) is 5.75 Å². The first-order valence-electron chi connectivity index (χ1n) is 8.17. The molecule has 3 aromatic rings. The van der Waals surface area contributed by atoms with Gasteiger partial charge in [0.25, 0.3) is 5.91 Å². The average Bonchev–Trinajstić information content (AvgIpc) is 3.07. The molecule has 11 heteroatoms. The molecule has 2 heterocycles. The Balaban J connectivity index is 1.78. The van der Waals surface area contributed by atoms with Crippen molar-refractivity contribution < 1.29 is 23.8 Å². The number of thiazole rings is 1. The molecule has 29 heavy (non-hydrogen) atoms. The normalized spacial score (nSPS) is 16.1. The highest BCUT2D eigenvalue weighted by Gasteiger charge is 2.38. The number of anilines is 1. The average molecular weight is 476 g/mol. The second-order valence-electron chi connectivity index (χ2n) is 6.15. The van der Waals surface area contributed by atoms with Crippen molar-refractivity contribution in [2.24, 2.45) is 0 Å². The van der Waals surface area contributed by atoms with Gasteiger partial charge < -0.3 is 9.84 Å². The number of para-hydroxylation sites is 1. The number of nitrogens with zero attached hydrogens (tertiary/aromatic N) is 2. The van der Waals surface area contributed by atoms with Gasteiger partial charge in [-0.15, -0.1) is 11.3 Å². The molecule has 0 saturated heterocycles. The maximum atomic E-state index is 14.5. The van der Waals surface area contributed by atoms with Crippen LogP contribution in [0.1, 0.15) is 11.4 Å². The van der Waals surface area contributed by atoms with Gasteiger partial charge in [-0.25, -0.2) is 9.37 Å². The van der Waals surface area contributed by atoms with Gasteiger partial charge in [0.15, 0.2) is 11.9 Å². The molecule has 6 nitrogen and oxygen atoms in total. The van der Waals surface area contributed by atoms with E-state index in [4.69, 9.17) is 44.6 Å². The lowest BCUT2D eigenvalue weighted by molar-refractivity contribution is -0.142. The Morgan fingerprint density at radius 1 is 1.31 bits per heavy atom. The van der Waals surface area contributed by atoms with E-state index in [2.05, 4.69) is 4.98 Å². The predicted octanol–water partition coefficient (Wildman–Crippen LogP) is 5.16. The standard InChI is InChI=1S/C18H10Cl3FN2O4S/c19-7-4-8(20)17-15(14(7)21)23-12(29-17)6-24-16-9(22)2-1-3-10(16)28-11(18(24)27)5-13(25)26/h1-4,11H,5-6H2,(H,25,26). The third kappa shape index (κ3) is 3.61. The van der Waals surface area contributed by atoms with Gasteiger partial charge in [0.2, 0.25) is 0 Å². The van der Waals surface area contributed by atoms with Crippen LogP contribution in [0.2, 0.25) is 15.1 Å². The monoisotopic (exact) mass is 474 g/mol. The van der Waals surface area contributed by atoms with Crippen LogP contribution in [-0.2, 0) is 16.1 Å². The van der Waals surface area contributed by atoms with Gasteiger partial charge in [0, 0.05) is 0 Å². The molecule has 0 radical (unpaired) electrons. The Kier molecular flexibility index (Phi) is 5.29. The fourth-order valence-electron chi connectivity index (χ4n) is 3.02. The number of aromatic nitrogens is 1. The zero-order valence-corrected chi connectivity index (χ0v) is 17.4. The van der Waals surface area contributed by atoms with Gasteiger partial charge in [-0.2, -0.15) is 0 Å². The maximum absolute atomic E-state index is 14.5. The minimum atomic E-state index is -1.28. The molecule has 2 aromatic carbocycles. The lowest BCUT2D eigenvalue weighted by Gasteiger charge is -2.33. The number of halogens is 4. The van der Waals surface area contributed by atoms with Crippen molar-refractivity contribution in [1.82, 2.24) is 4.98 Å². The number of benzene rings is 2. The van der Waals surface area contributed by atoms with Crippen molar-refractivity contribution in [2.45, 2.75) is 19.1 Å². The summed E-state index contributed by atoms with van der Waals surface area (Å²) in [5.74, 6) is -2.49. The Bertz CT molecular complexity index is 1170. The number of carboxylic acid groups (broad SMARTS) is 1. The molecule has 1 aliphatic rings. The van der Waals surface area contributed by atoms with Crippen LogP contribution < -0.4 is 9.64 Å². The van der Waals surface area contributed by atoms with Crippen molar-refractivity contribution in [3.05, 3.63) is 50.2 Å². The third-order valence-corrected chi connectivity index (χ3v) is 6.50. The SMILES string of the molecule is O=C(O)CC1Oc2cccc(F)c2N(Cc2nc3c(Cl)c(Cl)cc(Cl)c3s2)C1=O. The molecule has 0 spiro atoms. The Morgan fingerprint density at radius 3 is 2.79 bits per heavy atom. The van der Waals surface area contributed by atoms with Crippen LogP contribution in [0.15, 0.2) is 24.3 Å². The molecule has 1 atom stereocenters. The molecule has 0 aliphatic carbocycles. The van der Waals surface area contributed by atoms with Crippen LogP contribution in [0.5, 0.6) is 5.75 Å². The largest absolute Gasteiger partial charge is 0.481 e. The van der Waals surface area contributed by atoms with Crippen LogP contribution in [0.3, 0.4) is 0 Å². The number of carbonyl (C=O) groups is 2. The van der Waals surface area contributed by atoms with Gasteiger partial charge in [-0.05, 0) is 18.2 Å². The molecule has 1 aliphatic heterocycles. The summed E-state index contributed by atoms with van der Waals surface area (Å²) in [5.41, 5.74) is 0.300. The van der Waals surface area contributed by atoms with E-state index in [0.717, 1.165) is 4.90 Å². The van der Waals surface area contributed by atoms with Crippen LogP contribution in [0, 0.1) is 5.82 Å². The fourth-order valence-corrected chi connectivity index (χ4v) is 4.80. The van der Waals surface area contributed by atoms with Gasteiger partial charge in [0.1, 0.15) is 22.0 Å². The first kappa shape index (κ1) is 20.2. The summed E-state index contributed by atoms with van der Waals surface area (Å²) >= 11 is 19.6. The van der Waals surface area contributed by atoms with Gasteiger partial charge in [-0.1, -0.05) is 40.9 Å². The molecule has 1 aromatic heterocycles. The van der Waals surface area contributed by atoms with E-state index >= 15 is 0 Å². The molecule has 0 fully saturated rings. The van der Waals surface area contributed by atoms with Gasteiger partial charge >= 0.3 is 5.97 Å². The van der Waals surface area contributed by atoms with E-state index in [1.165, 1.54) is 35.6 Å². The van der Waals surface area contributed by atoms with E-state index in [9.17, 15) is 14.0 Å². The molecule has 4 rings (SSSR count). The lowest BCUT2D eigenvalue weighted by Crippen LogP contribution is -2.46. The molecule has 1 amide bonds. The minimum absolute atomic E-state index is 0.0754. The molecule has 0 bridgehead atoms. The summed E-state index contributed by atoms with van der Waals surface area (Å²) in [6, 6.07) is 5.57. The highest BCUT2D eigenvalue weighted by molar-refractivity contribution is 7.19. The summed E-state index contributed by atoms with van der Waals surface area (Å²) in [6.45, 7) is -0.115. The smallest absolute Gasteiger partial charge is 0.307 e. The minimum Gasteiger partial charge on any atom is -0.481 e. The fraction of sp³-hybridized carbons (Fsp3) is 0.167. The van der Waals surface area contributed by atoms with Crippen molar-refractivity contribution in [3.63, 3.8) is 0 Å². The molecular weight excluding hydrogens is 466 g/mol. The van der Waals surface area contributed by atoms with E-state index in [1.807, 2.05) is 0 Å². The van der Waals surface area contributed by atoms with Crippen LogP contribution >= 0.6 is 46.1 Å². The van der Waals surface area contributed by atoms with Crippen LogP contribution in [-0.4, -0.2) is 28.1 Å². The lowest BCUT2D eigenvalue weighted by atomic mass is 10.1. The maximum Gasteiger partial charge on any atom is 0.307 e. The zero-order valence-electron chi connectivity index (χ0n) is 14.3. The molecule has 1 unspecified atom stereocenters. The number of carbonyl (C=O) groups excluding carboxylic acids is 1. The number of ether oxygens (including phenoxy) is 1. The molecular formula is C18H10Cl3FN2O4S. The third-order valence-electron chi connectivity index (χ3n) is 4.24. The zero-order chi connectivity index (χ0) is 20.9. The number of hydrogen-bond acceptors (Lipinski definition) is 5. The quantitative estimate of drug-likeness (QED) is 0.527. The Hall–Kier alpha value is -2.13. The summed E-state index contributed by atoms with van der Waals surface area (Å²) in [7, 11) is 0. The van der Waals surface area contributed by atoms with E-state index in [0.29, 0.717) is 20.2 Å². The van der Waals surface area contributed by atoms with Gasteiger partial charge in [-0.3, -0.25) is 14.5 Å². The van der Waals surface area contributed by atoms with Crippen molar-refractivity contribution in [1.29, 1.82) is 0 Å². The molecule has 150 valence electrons. The van der Waals surface area contributed by atoms with Crippen LogP contribution in [0.25, 0.3) is 10.2 Å². The number of rotatable bonds is 4. The Morgan fingerprint density at radius 2 is 2.07 bits per heavy atom. The van der Waals surface area contributed by atoms with Crippen molar-refractivity contribution >= 4 is 73.9 Å². The number of carboxylic acids is 1.